The number of aliphatic hydroxyl groups is 1. The van der Waals surface area contributed by atoms with Crippen LogP contribution in [0.4, 0.5) is 0 Å². The van der Waals surface area contributed by atoms with Crippen molar-refractivity contribution >= 4 is 46.0 Å². The van der Waals surface area contributed by atoms with E-state index in [4.69, 9.17) is 13.5 Å². The minimum Gasteiger partial charge on any atom is -0.456 e. The Bertz CT molecular complexity index is 1390. The van der Waals surface area contributed by atoms with Gasteiger partial charge in [0.1, 0.15) is 16.7 Å². The minimum absolute atomic E-state index is 0.594. The molecule has 1 N–H and O–H groups in total. The number of nitrogens with zero attached hydrogens (tertiary/aromatic N) is 1. The van der Waals surface area contributed by atoms with Crippen molar-refractivity contribution in [1.82, 2.24) is 4.98 Å². The fourth-order valence-electron chi connectivity index (χ4n) is 3.35. The van der Waals surface area contributed by atoms with Crippen LogP contribution in [0.5, 0.6) is 0 Å². The summed E-state index contributed by atoms with van der Waals surface area (Å²) in [7, 11) is 1.66. The summed E-state index contributed by atoms with van der Waals surface area (Å²) in [6.07, 6.45) is 0. The summed E-state index contributed by atoms with van der Waals surface area (Å²) in [6, 6.07) is 19.6. The summed E-state index contributed by atoms with van der Waals surface area (Å²) in [5.41, 5.74) is 3.07. The Morgan fingerprint density at radius 1 is 0.839 bits per heavy atom. The average Bonchev–Trinajstić information content (AvgIpc) is 3.30. The Morgan fingerprint density at radius 2 is 1.58 bits per heavy atom. The lowest BCUT2D eigenvalue weighted by atomic mass is 9.82. The van der Waals surface area contributed by atoms with Gasteiger partial charge >= 0.3 is 7.48 Å². The summed E-state index contributed by atoms with van der Waals surface area (Å²) >= 11 is 0. The van der Waals surface area contributed by atoms with E-state index in [0.29, 0.717) is 5.89 Å². The van der Waals surface area contributed by atoms with Gasteiger partial charge in [0.15, 0.2) is 5.58 Å². The number of benzene rings is 3. The van der Waals surface area contributed by atoms with Gasteiger partial charge in [-0.1, -0.05) is 30.3 Å². The Kier molecular flexibility index (Phi) is 4.47. The second-order valence-electron chi connectivity index (χ2n) is 8.86. The van der Waals surface area contributed by atoms with Crippen LogP contribution < -0.4 is 5.46 Å². The summed E-state index contributed by atoms with van der Waals surface area (Å²) < 4.78 is 18.0. The SMILES string of the molecule is CC(C)(O)C(C)(C)O[B]c1ccc2c(c1)oc1cc3nc(-c4ccccc4)oc3cc12. The van der Waals surface area contributed by atoms with Crippen LogP contribution in [-0.4, -0.2) is 28.8 Å². The van der Waals surface area contributed by atoms with Crippen LogP contribution in [-0.2, 0) is 4.65 Å². The van der Waals surface area contributed by atoms with Crippen LogP contribution in [0.15, 0.2) is 69.5 Å². The largest absolute Gasteiger partial charge is 0.456 e. The zero-order valence-corrected chi connectivity index (χ0v) is 18.0. The highest BCUT2D eigenvalue weighted by atomic mass is 16.5. The molecule has 0 aliphatic heterocycles. The monoisotopic (exact) mass is 412 g/mol. The van der Waals surface area contributed by atoms with Crippen molar-refractivity contribution < 1.29 is 18.6 Å². The van der Waals surface area contributed by atoms with Crippen molar-refractivity contribution in [2.75, 3.05) is 0 Å². The van der Waals surface area contributed by atoms with Crippen molar-refractivity contribution in [2.24, 2.45) is 0 Å². The fourth-order valence-corrected chi connectivity index (χ4v) is 3.35. The third-order valence-electron chi connectivity index (χ3n) is 5.99. The molecule has 0 aliphatic carbocycles. The highest BCUT2D eigenvalue weighted by molar-refractivity contribution is 6.47. The van der Waals surface area contributed by atoms with Crippen LogP contribution in [0.25, 0.3) is 44.5 Å². The molecule has 0 unspecified atom stereocenters. The van der Waals surface area contributed by atoms with E-state index in [2.05, 4.69) is 4.98 Å². The number of aromatic nitrogens is 1. The zero-order chi connectivity index (χ0) is 21.8. The molecule has 0 fully saturated rings. The molecular formula is C25H23BNO4. The number of oxazole rings is 1. The molecule has 155 valence electrons. The molecule has 5 rings (SSSR count). The Hall–Kier alpha value is -3.09. The van der Waals surface area contributed by atoms with E-state index < -0.39 is 11.2 Å². The van der Waals surface area contributed by atoms with Crippen molar-refractivity contribution in [2.45, 2.75) is 38.9 Å². The summed E-state index contributed by atoms with van der Waals surface area (Å²) in [4.78, 5) is 4.62. The van der Waals surface area contributed by atoms with Gasteiger partial charge in [-0.3, -0.25) is 0 Å². The number of fused-ring (bicyclic) bond motifs is 4. The van der Waals surface area contributed by atoms with Crippen LogP contribution in [0.1, 0.15) is 27.7 Å². The van der Waals surface area contributed by atoms with Crippen molar-refractivity contribution in [3.05, 3.63) is 60.7 Å². The zero-order valence-electron chi connectivity index (χ0n) is 18.0. The highest BCUT2D eigenvalue weighted by Gasteiger charge is 2.35. The lowest BCUT2D eigenvalue weighted by molar-refractivity contribution is -0.0893. The molecule has 0 aliphatic rings. The molecule has 0 bridgehead atoms. The Balaban J connectivity index is 1.50. The highest BCUT2D eigenvalue weighted by Crippen LogP contribution is 2.33. The van der Waals surface area contributed by atoms with Gasteiger partial charge in [-0.15, -0.1) is 0 Å². The van der Waals surface area contributed by atoms with Crippen molar-refractivity contribution in [1.29, 1.82) is 0 Å². The molecule has 2 aromatic heterocycles. The van der Waals surface area contributed by atoms with Crippen LogP contribution in [0, 0.1) is 0 Å². The van der Waals surface area contributed by atoms with Crippen LogP contribution in [0.3, 0.4) is 0 Å². The maximum atomic E-state index is 10.3. The first kappa shape index (κ1) is 19.9. The van der Waals surface area contributed by atoms with Crippen molar-refractivity contribution in [3.8, 4) is 11.5 Å². The first-order valence-corrected chi connectivity index (χ1v) is 10.3. The third kappa shape index (κ3) is 3.52. The predicted molar refractivity (Wildman–Crippen MR) is 124 cm³/mol. The molecule has 0 saturated heterocycles. The molecular weight excluding hydrogens is 389 g/mol. The number of hydrogen-bond acceptors (Lipinski definition) is 5. The van der Waals surface area contributed by atoms with Crippen molar-refractivity contribution in [3.63, 3.8) is 0 Å². The maximum Gasteiger partial charge on any atom is 0.331 e. The second-order valence-corrected chi connectivity index (χ2v) is 8.86. The Morgan fingerprint density at radius 3 is 2.32 bits per heavy atom. The summed E-state index contributed by atoms with van der Waals surface area (Å²) in [6.45, 7) is 7.18. The van der Waals surface area contributed by atoms with Gasteiger partial charge in [-0.2, -0.15) is 0 Å². The fraction of sp³-hybridized carbons (Fsp3) is 0.240. The lowest BCUT2D eigenvalue weighted by Crippen LogP contribution is -2.49. The van der Waals surface area contributed by atoms with Gasteiger partial charge in [-0.05, 0) is 57.4 Å². The molecule has 0 saturated carbocycles. The summed E-state index contributed by atoms with van der Waals surface area (Å²) in [5.74, 6) is 0.594. The smallest absolute Gasteiger partial charge is 0.331 e. The summed E-state index contributed by atoms with van der Waals surface area (Å²) in [5, 5.41) is 12.2. The second kappa shape index (κ2) is 6.97. The van der Waals surface area contributed by atoms with Gasteiger partial charge in [0.25, 0.3) is 0 Å². The maximum absolute atomic E-state index is 10.3. The lowest BCUT2D eigenvalue weighted by Gasteiger charge is -2.37. The minimum atomic E-state index is -0.980. The molecule has 0 amide bonds. The van der Waals surface area contributed by atoms with E-state index in [1.807, 2.05) is 74.5 Å². The molecule has 6 heteroatoms. The van der Waals surface area contributed by atoms with Gasteiger partial charge in [0.05, 0.1) is 11.2 Å². The molecule has 0 atom stereocenters. The number of rotatable bonds is 5. The normalized spacial score (nSPS) is 12.8. The number of furan rings is 1. The average molecular weight is 412 g/mol. The van der Waals surface area contributed by atoms with E-state index >= 15 is 0 Å². The predicted octanol–water partition coefficient (Wildman–Crippen LogP) is 5.20. The molecule has 2 heterocycles. The first-order valence-electron chi connectivity index (χ1n) is 10.3. The standard InChI is InChI=1S/C25H23BNO4/c1-24(2,28)25(3,4)31-26-16-10-11-17-18-13-22-19(14-21(18)29-20(17)12-16)27-23(30-22)15-8-6-5-7-9-15/h5-14,28H,1-4H3. The Labute approximate surface area is 180 Å². The van der Waals surface area contributed by atoms with E-state index in [-0.39, 0.29) is 0 Å². The van der Waals surface area contributed by atoms with Gasteiger partial charge < -0.3 is 18.6 Å². The molecule has 5 aromatic rings. The molecule has 31 heavy (non-hydrogen) atoms. The topological polar surface area (TPSA) is 68.6 Å². The van der Waals surface area contributed by atoms with Gasteiger partial charge in [0, 0.05) is 22.4 Å². The van der Waals surface area contributed by atoms with Crippen LogP contribution >= 0.6 is 0 Å². The number of hydrogen-bond donors (Lipinski definition) is 1. The molecule has 3 aromatic carbocycles. The van der Waals surface area contributed by atoms with E-state index in [1.54, 1.807) is 21.3 Å². The van der Waals surface area contributed by atoms with Gasteiger partial charge in [0.2, 0.25) is 5.89 Å². The molecule has 0 spiro atoms. The van der Waals surface area contributed by atoms with E-state index in [9.17, 15) is 5.11 Å². The molecule has 5 nitrogen and oxygen atoms in total. The van der Waals surface area contributed by atoms with E-state index in [1.165, 1.54) is 0 Å². The van der Waals surface area contributed by atoms with E-state index in [0.717, 1.165) is 44.1 Å². The van der Waals surface area contributed by atoms with Crippen LogP contribution in [0.2, 0.25) is 0 Å². The van der Waals surface area contributed by atoms with Gasteiger partial charge in [-0.25, -0.2) is 4.98 Å². The molecule has 1 radical (unpaired) electrons. The third-order valence-corrected chi connectivity index (χ3v) is 5.99. The first-order chi connectivity index (χ1) is 14.7. The quantitative estimate of drug-likeness (QED) is 0.402.